The van der Waals surface area contributed by atoms with E-state index in [-0.39, 0.29) is 0 Å². The average Bonchev–Trinajstić information content (AvgIpc) is 2.06. The monoisotopic (exact) mass is 165 g/mol. The summed E-state index contributed by atoms with van der Waals surface area (Å²) < 4.78 is 0. The summed E-state index contributed by atoms with van der Waals surface area (Å²) in [5, 5.41) is 0.714. The van der Waals surface area contributed by atoms with E-state index in [1.165, 1.54) is 11.3 Å². The van der Waals surface area contributed by atoms with Crippen LogP contribution in [-0.2, 0) is 0 Å². The van der Waals surface area contributed by atoms with Crippen molar-refractivity contribution in [3.05, 3.63) is 30.3 Å². The van der Waals surface area contributed by atoms with E-state index in [1.54, 1.807) is 0 Å². The summed E-state index contributed by atoms with van der Waals surface area (Å²) >= 11 is 1.91. The van der Waals surface area contributed by atoms with Crippen LogP contribution >= 0.6 is 11.8 Å². The zero-order valence-corrected chi connectivity index (χ0v) is 7.82. The van der Waals surface area contributed by atoms with Gasteiger partial charge in [0.2, 0.25) is 0 Å². The second kappa shape index (κ2) is 4.45. The largest absolute Gasteiger partial charge is 0.123 e. The molecule has 0 saturated carbocycles. The predicted molar refractivity (Wildman–Crippen MR) is 50.9 cm³/mol. The van der Waals surface area contributed by atoms with Crippen molar-refractivity contribution in [1.82, 2.24) is 0 Å². The fourth-order valence-corrected chi connectivity index (χ4v) is 1.69. The molecule has 0 fully saturated rings. The van der Waals surface area contributed by atoms with E-state index in [4.69, 9.17) is 0 Å². The fraction of sp³-hybridized carbons (Fsp3) is 0.400. The van der Waals surface area contributed by atoms with Gasteiger partial charge in [-0.15, -0.1) is 11.8 Å². The molecule has 1 unspecified atom stereocenters. The first-order valence-electron chi connectivity index (χ1n) is 3.95. The molecule has 0 bridgehead atoms. The van der Waals surface area contributed by atoms with Crippen molar-refractivity contribution >= 4 is 11.8 Å². The lowest BCUT2D eigenvalue weighted by Crippen LogP contribution is -1.90. The first-order chi connectivity index (χ1) is 5.33. The zero-order chi connectivity index (χ0) is 8.10. The Hall–Kier alpha value is -0.430. The molecule has 0 spiro atoms. The van der Waals surface area contributed by atoms with Crippen LogP contribution in [0.3, 0.4) is 0 Å². The van der Waals surface area contributed by atoms with Crippen LogP contribution < -0.4 is 0 Å². The molecule has 0 aromatic heterocycles. The molecule has 1 rings (SSSR count). The summed E-state index contributed by atoms with van der Waals surface area (Å²) in [5.41, 5.74) is 0. The maximum absolute atomic E-state index is 3.07. The van der Waals surface area contributed by atoms with Crippen LogP contribution in [0.5, 0.6) is 0 Å². The molecule has 0 aliphatic rings. The third kappa shape index (κ3) is 2.98. The standard InChI is InChI=1S/C10H13S/c1-3-9(2)11-10-7-5-4-6-8-10/h4-5,7-9H,3H2,1-2H3. The van der Waals surface area contributed by atoms with Gasteiger partial charge in [-0.25, -0.2) is 0 Å². The van der Waals surface area contributed by atoms with Gasteiger partial charge >= 0.3 is 0 Å². The van der Waals surface area contributed by atoms with Crippen LogP contribution in [0, 0.1) is 6.07 Å². The molecule has 0 heterocycles. The van der Waals surface area contributed by atoms with Crippen molar-refractivity contribution in [2.75, 3.05) is 0 Å². The molecule has 1 aromatic rings. The Bertz CT molecular complexity index is 193. The molecule has 1 radical (unpaired) electrons. The average molecular weight is 165 g/mol. The van der Waals surface area contributed by atoms with Gasteiger partial charge in [0.15, 0.2) is 0 Å². The first-order valence-corrected chi connectivity index (χ1v) is 4.83. The van der Waals surface area contributed by atoms with Crippen LogP contribution in [0.1, 0.15) is 20.3 Å². The number of rotatable bonds is 3. The van der Waals surface area contributed by atoms with Gasteiger partial charge in [0.25, 0.3) is 0 Å². The highest BCUT2D eigenvalue weighted by molar-refractivity contribution is 7.99. The molecule has 1 aromatic carbocycles. The van der Waals surface area contributed by atoms with E-state index >= 15 is 0 Å². The molecule has 0 N–H and O–H groups in total. The van der Waals surface area contributed by atoms with Crippen molar-refractivity contribution in [3.8, 4) is 0 Å². The number of thioether (sulfide) groups is 1. The van der Waals surface area contributed by atoms with E-state index in [9.17, 15) is 0 Å². The van der Waals surface area contributed by atoms with Gasteiger partial charge in [-0.05, 0) is 24.6 Å². The Labute approximate surface area is 73.0 Å². The highest BCUT2D eigenvalue weighted by atomic mass is 32.2. The maximum atomic E-state index is 3.07. The molecule has 0 saturated heterocycles. The first kappa shape index (κ1) is 8.66. The summed E-state index contributed by atoms with van der Waals surface area (Å²) in [6.07, 6.45) is 1.22. The minimum absolute atomic E-state index is 0.714. The smallest absolute Gasteiger partial charge is 0.00808 e. The number of benzene rings is 1. The maximum Gasteiger partial charge on any atom is 0.00808 e. The van der Waals surface area contributed by atoms with Gasteiger partial charge in [0.05, 0.1) is 0 Å². The summed E-state index contributed by atoms with van der Waals surface area (Å²) in [7, 11) is 0. The van der Waals surface area contributed by atoms with Crippen molar-refractivity contribution < 1.29 is 0 Å². The molecular formula is C10H13S. The topological polar surface area (TPSA) is 0 Å². The third-order valence-corrected chi connectivity index (χ3v) is 2.85. The van der Waals surface area contributed by atoms with Crippen LogP contribution in [0.15, 0.2) is 29.2 Å². The van der Waals surface area contributed by atoms with E-state index in [0.29, 0.717) is 5.25 Å². The highest BCUT2D eigenvalue weighted by Crippen LogP contribution is 2.23. The lowest BCUT2D eigenvalue weighted by atomic mass is 10.4. The molecule has 59 valence electrons. The van der Waals surface area contributed by atoms with E-state index in [1.807, 2.05) is 30.0 Å². The summed E-state index contributed by atoms with van der Waals surface area (Å²) in [4.78, 5) is 1.32. The molecule has 11 heavy (non-hydrogen) atoms. The molecule has 0 aliphatic heterocycles. The lowest BCUT2D eigenvalue weighted by molar-refractivity contribution is 0.905. The quantitative estimate of drug-likeness (QED) is 0.619. The van der Waals surface area contributed by atoms with E-state index in [2.05, 4.69) is 26.0 Å². The molecular weight excluding hydrogens is 152 g/mol. The van der Waals surface area contributed by atoms with Crippen LogP contribution in [0.25, 0.3) is 0 Å². The Morgan fingerprint density at radius 1 is 1.64 bits per heavy atom. The zero-order valence-electron chi connectivity index (χ0n) is 7.00. The summed E-state index contributed by atoms with van der Waals surface area (Å²) in [6.45, 7) is 4.46. The van der Waals surface area contributed by atoms with Gasteiger partial charge in [-0.1, -0.05) is 26.0 Å². The van der Waals surface area contributed by atoms with Gasteiger partial charge in [0, 0.05) is 10.1 Å². The second-order valence-corrected chi connectivity index (χ2v) is 4.09. The van der Waals surface area contributed by atoms with Gasteiger partial charge in [0.1, 0.15) is 0 Å². The third-order valence-electron chi connectivity index (χ3n) is 1.59. The van der Waals surface area contributed by atoms with Gasteiger partial charge < -0.3 is 0 Å². The lowest BCUT2D eigenvalue weighted by Gasteiger charge is -2.06. The van der Waals surface area contributed by atoms with Crippen molar-refractivity contribution in [3.63, 3.8) is 0 Å². The van der Waals surface area contributed by atoms with Crippen molar-refractivity contribution in [1.29, 1.82) is 0 Å². The van der Waals surface area contributed by atoms with Gasteiger partial charge in [-0.2, -0.15) is 0 Å². The molecule has 1 atom stereocenters. The normalized spacial score (nSPS) is 12.9. The number of hydrogen-bond donors (Lipinski definition) is 0. The van der Waals surface area contributed by atoms with Crippen LogP contribution in [0.4, 0.5) is 0 Å². The minimum atomic E-state index is 0.714. The minimum Gasteiger partial charge on any atom is -0.123 e. The SMILES string of the molecule is CCC(C)Sc1c[c]ccc1. The second-order valence-electron chi connectivity index (χ2n) is 2.58. The Morgan fingerprint density at radius 2 is 2.45 bits per heavy atom. The molecule has 1 heteroatoms. The van der Waals surface area contributed by atoms with E-state index < -0.39 is 0 Å². The molecule has 0 aliphatic carbocycles. The summed E-state index contributed by atoms with van der Waals surface area (Å²) in [6, 6.07) is 11.2. The van der Waals surface area contributed by atoms with Gasteiger partial charge in [-0.3, -0.25) is 0 Å². The molecule has 0 nitrogen and oxygen atoms in total. The Morgan fingerprint density at radius 3 is 3.00 bits per heavy atom. The highest BCUT2D eigenvalue weighted by Gasteiger charge is 1.99. The van der Waals surface area contributed by atoms with E-state index in [0.717, 1.165) is 0 Å². The van der Waals surface area contributed by atoms with Crippen molar-refractivity contribution in [2.45, 2.75) is 30.4 Å². The summed E-state index contributed by atoms with van der Waals surface area (Å²) in [5.74, 6) is 0. The number of hydrogen-bond acceptors (Lipinski definition) is 1. The van der Waals surface area contributed by atoms with Crippen molar-refractivity contribution in [2.24, 2.45) is 0 Å². The Balaban J connectivity index is 2.51. The van der Waals surface area contributed by atoms with Crippen LogP contribution in [-0.4, -0.2) is 5.25 Å². The van der Waals surface area contributed by atoms with Crippen LogP contribution in [0.2, 0.25) is 0 Å². The predicted octanol–water partition coefficient (Wildman–Crippen LogP) is 3.38. The Kier molecular flexibility index (Phi) is 3.50. The fourth-order valence-electron chi connectivity index (χ4n) is 0.766. The molecule has 0 amide bonds.